The van der Waals surface area contributed by atoms with Gasteiger partial charge in [0, 0.05) is 6.54 Å². The Balaban J connectivity index is 0.000000823. The second-order valence-corrected chi connectivity index (χ2v) is 6.53. The van der Waals surface area contributed by atoms with Crippen LogP contribution in [0.4, 0.5) is 0 Å². The fourth-order valence-electron chi connectivity index (χ4n) is 2.09. The molecule has 1 atom stereocenters. The SMILES string of the molecule is CC(C)=CCCC(C)CCNCc1ccc(C)cc1.O=C(O)C(=O)O. The minimum Gasteiger partial charge on any atom is -0.473 e. The van der Waals surface area contributed by atoms with Gasteiger partial charge in [0.1, 0.15) is 0 Å². The Hall–Kier alpha value is -2.14. The summed E-state index contributed by atoms with van der Waals surface area (Å²) in [7, 11) is 0. The van der Waals surface area contributed by atoms with Crippen LogP contribution in [0.3, 0.4) is 0 Å². The normalized spacial score (nSPS) is 11.0. The zero-order chi connectivity index (χ0) is 19.2. The van der Waals surface area contributed by atoms with Gasteiger partial charge in [-0.1, -0.05) is 48.4 Å². The number of allylic oxidation sites excluding steroid dienone is 2. The number of hydrogen-bond donors (Lipinski definition) is 3. The molecule has 0 spiro atoms. The number of carboxylic acid groups (broad SMARTS) is 2. The summed E-state index contributed by atoms with van der Waals surface area (Å²) in [6.45, 7) is 10.9. The first-order valence-electron chi connectivity index (χ1n) is 8.58. The van der Waals surface area contributed by atoms with Gasteiger partial charge in [-0.05, 0) is 58.1 Å². The summed E-state index contributed by atoms with van der Waals surface area (Å²) in [5.74, 6) is -2.84. The molecule has 25 heavy (non-hydrogen) atoms. The van der Waals surface area contributed by atoms with E-state index in [1.165, 1.54) is 36.0 Å². The molecule has 1 unspecified atom stereocenters. The lowest BCUT2D eigenvalue weighted by atomic mass is 10.0. The Morgan fingerprint density at radius 3 is 2.12 bits per heavy atom. The van der Waals surface area contributed by atoms with Gasteiger partial charge in [0.05, 0.1) is 0 Å². The van der Waals surface area contributed by atoms with Gasteiger partial charge in [-0.15, -0.1) is 0 Å². The quantitative estimate of drug-likeness (QED) is 0.375. The van der Waals surface area contributed by atoms with E-state index < -0.39 is 11.9 Å². The van der Waals surface area contributed by atoms with E-state index >= 15 is 0 Å². The lowest BCUT2D eigenvalue weighted by Gasteiger charge is -2.11. The van der Waals surface area contributed by atoms with Crippen molar-refractivity contribution in [3.63, 3.8) is 0 Å². The molecule has 0 heterocycles. The van der Waals surface area contributed by atoms with Gasteiger partial charge >= 0.3 is 11.9 Å². The molecule has 3 N–H and O–H groups in total. The highest BCUT2D eigenvalue weighted by atomic mass is 16.4. The van der Waals surface area contributed by atoms with Crippen LogP contribution >= 0.6 is 0 Å². The van der Waals surface area contributed by atoms with Crippen molar-refractivity contribution in [1.29, 1.82) is 0 Å². The molecule has 0 saturated carbocycles. The third-order valence-electron chi connectivity index (χ3n) is 3.66. The van der Waals surface area contributed by atoms with Crippen LogP contribution < -0.4 is 5.32 Å². The molecule has 0 amide bonds. The first-order valence-corrected chi connectivity index (χ1v) is 8.58. The van der Waals surface area contributed by atoms with Crippen LogP contribution in [0.2, 0.25) is 0 Å². The number of carbonyl (C=O) groups is 2. The minimum atomic E-state index is -1.82. The van der Waals surface area contributed by atoms with Crippen LogP contribution in [0.1, 0.15) is 51.2 Å². The largest absolute Gasteiger partial charge is 0.473 e. The minimum absolute atomic E-state index is 0.807. The molecule has 0 saturated heterocycles. The topological polar surface area (TPSA) is 86.6 Å². The number of aliphatic carboxylic acids is 2. The maximum atomic E-state index is 9.10. The van der Waals surface area contributed by atoms with E-state index in [0.717, 1.165) is 19.0 Å². The third-order valence-corrected chi connectivity index (χ3v) is 3.66. The molecule has 0 radical (unpaired) electrons. The zero-order valence-corrected chi connectivity index (χ0v) is 15.7. The maximum absolute atomic E-state index is 9.10. The lowest BCUT2D eigenvalue weighted by molar-refractivity contribution is -0.159. The lowest BCUT2D eigenvalue weighted by Crippen LogP contribution is -2.16. The van der Waals surface area contributed by atoms with Crippen molar-refractivity contribution in [1.82, 2.24) is 5.32 Å². The second kappa shape index (κ2) is 13.2. The number of benzene rings is 1. The number of rotatable bonds is 8. The molecule has 0 aliphatic carbocycles. The van der Waals surface area contributed by atoms with Crippen LogP contribution in [-0.2, 0) is 16.1 Å². The van der Waals surface area contributed by atoms with Crippen molar-refractivity contribution in [3.05, 3.63) is 47.0 Å². The second-order valence-electron chi connectivity index (χ2n) is 6.53. The van der Waals surface area contributed by atoms with Crippen LogP contribution in [0.5, 0.6) is 0 Å². The van der Waals surface area contributed by atoms with Crippen LogP contribution in [0.15, 0.2) is 35.9 Å². The number of nitrogens with one attached hydrogen (secondary N) is 1. The molecule has 140 valence electrons. The van der Waals surface area contributed by atoms with Gasteiger partial charge in [-0.2, -0.15) is 0 Å². The summed E-state index contributed by atoms with van der Waals surface area (Å²) >= 11 is 0. The van der Waals surface area contributed by atoms with E-state index in [9.17, 15) is 0 Å². The van der Waals surface area contributed by atoms with Gasteiger partial charge in [0.15, 0.2) is 0 Å². The highest BCUT2D eigenvalue weighted by Crippen LogP contribution is 2.11. The Bertz CT molecular complexity index is 533. The number of aryl methyl sites for hydroxylation is 1. The Kier molecular flexibility index (Phi) is 12.1. The first-order chi connectivity index (χ1) is 11.7. The first kappa shape index (κ1) is 22.9. The van der Waals surface area contributed by atoms with E-state index in [2.05, 4.69) is 63.4 Å². The van der Waals surface area contributed by atoms with Gasteiger partial charge in [0.25, 0.3) is 0 Å². The predicted molar refractivity (Wildman–Crippen MR) is 101 cm³/mol. The van der Waals surface area contributed by atoms with Gasteiger partial charge in [0.2, 0.25) is 0 Å². The standard InChI is InChI=1S/C18H29N.C2H2O4/c1-15(2)6-5-7-16(3)12-13-19-14-18-10-8-17(4)9-11-18;3-1(4)2(5)6/h6,8-11,16,19H,5,7,12-14H2,1-4H3;(H,3,4)(H,5,6). The fourth-order valence-corrected chi connectivity index (χ4v) is 2.09. The van der Waals surface area contributed by atoms with E-state index in [4.69, 9.17) is 19.8 Å². The van der Waals surface area contributed by atoms with Crippen molar-refractivity contribution < 1.29 is 19.8 Å². The van der Waals surface area contributed by atoms with E-state index in [1.54, 1.807) is 0 Å². The van der Waals surface area contributed by atoms with Crippen molar-refractivity contribution in [2.24, 2.45) is 5.92 Å². The monoisotopic (exact) mass is 349 g/mol. The number of carboxylic acids is 2. The van der Waals surface area contributed by atoms with E-state index in [1.807, 2.05) is 0 Å². The molecule has 0 fully saturated rings. The average Bonchev–Trinajstić information content (AvgIpc) is 2.53. The van der Waals surface area contributed by atoms with Crippen molar-refractivity contribution in [2.75, 3.05) is 6.54 Å². The molecule has 5 nitrogen and oxygen atoms in total. The molecule has 0 aromatic heterocycles. The number of hydrogen-bond acceptors (Lipinski definition) is 3. The summed E-state index contributed by atoms with van der Waals surface area (Å²) in [6.07, 6.45) is 6.14. The maximum Gasteiger partial charge on any atom is 0.414 e. The summed E-state index contributed by atoms with van der Waals surface area (Å²) in [4.78, 5) is 18.2. The summed E-state index contributed by atoms with van der Waals surface area (Å²) in [5.41, 5.74) is 4.14. The van der Waals surface area contributed by atoms with Gasteiger partial charge in [-0.25, -0.2) is 9.59 Å². The summed E-state index contributed by atoms with van der Waals surface area (Å²) in [6, 6.07) is 8.78. The molecular weight excluding hydrogens is 318 g/mol. The molecular formula is C20H31NO4. The molecule has 1 aromatic carbocycles. The molecule has 5 heteroatoms. The fraction of sp³-hybridized carbons (Fsp3) is 0.500. The third kappa shape index (κ3) is 14.0. The van der Waals surface area contributed by atoms with E-state index in [0.29, 0.717) is 0 Å². The van der Waals surface area contributed by atoms with E-state index in [-0.39, 0.29) is 0 Å². The van der Waals surface area contributed by atoms with Gasteiger partial charge in [-0.3, -0.25) is 0 Å². The Morgan fingerprint density at radius 1 is 1.08 bits per heavy atom. The predicted octanol–water partition coefficient (Wildman–Crippen LogP) is 4.01. The Morgan fingerprint density at radius 2 is 1.64 bits per heavy atom. The highest BCUT2D eigenvalue weighted by Gasteiger charge is 2.04. The highest BCUT2D eigenvalue weighted by molar-refractivity contribution is 6.27. The molecule has 0 bridgehead atoms. The van der Waals surface area contributed by atoms with Crippen LogP contribution in [-0.4, -0.2) is 28.7 Å². The van der Waals surface area contributed by atoms with Gasteiger partial charge < -0.3 is 15.5 Å². The van der Waals surface area contributed by atoms with Crippen molar-refractivity contribution in [2.45, 2.75) is 53.5 Å². The molecule has 0 aliphatic rings. The van der Waals surface area contributed by atoms with Crippen molar-refractivity contribution in [3.8, 4) is 0 Å². The molecule has 1 rings (SSSR count). The van der Waals surface area contributed by atoms with Crippen LogP contribution in [0, 0.1) is 12.8 Å². The zero-order valence-electron chi connectivity index (χ0n) is 15.7. The Labute approximate surface area is 150 Å². The summed E-state index contributed by atoms with van der Waals surface area (Å²) in [5, 5.41) is 18.3. The molecule has 0 aliphatic heterocycles. The molecule has 1 aromatic rings. The van der Waals surface area contributed by atoms with Crippen molar-refractivity contribution >= 4 is 11.9 Å². The summed E-state index contributed by atoms with van der Waals surface area (Å²) < 4.78 is 0. The average molecular weight is 349 g/mol. The van der Waals surface area contributed by atoms with Crippen LogP contribution in [0.25, 0.3) is 0 Å². The smallest absolute Gasteiger partial charge is 0.414 e.